The molecular weight excluding hydrogens is 362 g/mol. The van der Waals surface area contributed by atoms with E-state index < -0.39 is 10.8 Å². The molecule has 0 bridgehead atoms. The van der Waals surface area contributed by atoms with Gasteiger partial charge in [0.1, 0.15) is 11.5 Å². The molecule has 1 aromatic carbocycles. The minimum atomic E-state index is -1.31. The first-order chi connectivity index (χ1) is 13.0. The minimum absolute atomic E-state index is 0.00777. The number of hydrogen-bond acceptors (Lipinski definition) is 5. The summed E-state index contributed by atoms with van der Waals surface area (Å²) in [5, 5.41) is 2.86. The maximum Gasteiger partial charge on any atom is 0.232 e. The molecule has 1 aliphatic heterocycles. The van der Waals surface area contributed by atoms with E-state index in [1.165, 1.54) is 18.4 Å². The lowest BCUT2D eigenvalue weighted by Crippen LogP contribution is -2.35. The Balaban J connectivity index is 1.48. The van der Waals surface area contributed by atoms with Crippen LogP contribution in [0.15, 0.2) is 28.7 Å². The number of rotatable bonds is 8. The highest BCUT2D eigenvalue weighted by molar-refractivity contribution is 7.84. The molecule has 2 aromatic rings. The van der Waals surface area contributed by atoms with Crippen molar-refractivity contribution in [3.05, 3.63) is 41.3 Å². The van der Waals surface area contributed by atoms with Crippen molar-refractivity contribution in [3.63, 3.8) is 0 Å². The highest BCUT2D eigenvalue weighted by Crippen LogP contribution is 2.22. The molecule has 0 aliphatic carbocycles. The van der Waals surface area contributed by atoms with E-state index in [1.54, 1.807) is 0 Å². The van der Waals surface area contributed by atoms with Gasteiger partial charge in [0.2, 0.25) is 11.8 Å². The van der Waals surface area contributed by atoms with Gasteiger partial charge in [-0.25, -0.2) is 4.98 Å². The molecule has 27 heavy (non-hydrogen) atoms. The summed E-state index contributed by atoms with van der Waals surface area (Å²) in [6, 6.07) is 7.91. The lowest BCUT2D eigenvalue weighted by Gasteiger charge is -2.14. The van der Waals surface area contributed by atoms with E-state index in [0.29, 0.717) is 23.9 Å². The van der Waals surface area contributed by atoms with Crippen molar-refractivity contribution in [3.8, 4) is 11.5 Å². The monoisotopic (exact) mass is 389 g/mol. The van der Waals surface area contributed by atoms with Crippen LogP contribution in [0.2, 0.25) is 0 Å². The molecule has 0 spiro atoms. The van der Waals surface area contributed by atoms with E-state index in [0.717, 1.165) is 25.2 Å². The minimum Gasteiger partial charge on any atom is -0.441 e. The second-order valence-electron chi connectivity index (χ2n) is 7.02. The maximum absolute atomic E-state index is 12.3. The van der Waals surface area contributed by atoms with Crippen LogP contribution in [-0.2, 0) is 21.3 Å². The molecule has 1 saturated heterocycles. The molecule has 146 valence electrons. The molecule has 1 atom stereocenters. The Labute approximate surface area is 162 Å². The number of amides is 1. The van der Waals surface area contributed by atoms with Crippen molar-refractivity contribution in [2.45, 2.75) is 32.4 Å². The number of aryl methyl sites for hydroxylation is 2. The zero-order valence-corrected chi connectivity index (χ0v) is 16.8. The van der Waals surface area contributed by atoms with E-state index in [-0.39, 0.29) is 17.4 Å². The molecule has 1 aliphatic rings. The maximum atomic E-state index is 12.3. The Bertz CT molecular complexity index is 795. The molecule has 1 fully saturated rings. The summed E-state index contributed by atoms with van der Waals surface area (Å²) in [5.74, 6) is 1.21. The second kappa shape index (κ2) is 9.28. The van der Waals surface area contributed by atoms with Gasteiger partial charge in [0.25, 0.3) is 0 Å². The summed E-state index contributed by atoms with van der Waals surface area (Å²) in [5.41, 5.74) is 2.70. The number of carbonyl (C=O) groups excluding carboxylic acids is 1. The largest absolute Gasteiger partial charge is 0.441 e. The van der Waals surface area contributed by atoms with Crippen LogP contribution in [0.1, 0.15) is 29.9 Å². The zero-order chi connectivity index (χ0) is 19.2. The summed E-state index contributed by atoms with van der Waals surface area (Å²) in [4.78, 5) is 18.8. The highest BCUT2D eigenvalue weighted by atomic mass is 32.2. The summed E-state index contributed by atoms with van der Waals surface area (Å²) in [6.45, 7) is 7.52. The second-order valence-corrected chi connectivity index (χ2v) is 8.47. The Morgan fingerprint density at radius 2 is 1.93 bits per heavy atom. The van der Waals surface area contributed by atoms with E-state index in [2.05, 4.69) is 15.2 Å². The molecule has 7 heteroatoms. The number of hydrogen-bond donors (Lipinski definition) is 1. The average molecular weight is 390 g/mol. The van der Waals surface area contributed by atoms with Gasteiger partial charge in [-0.05, 0) is 51.9 Å². The summed E-state index contributed by atoms with van der Waals surface area (Å²) >= 11 is 0. The number of nitrogens with zero attached hydrogens (tertiary/aromatic N) is 2. The Hall–Kier alpha value is -1.99. The fraction of sp³-hybridized carbons (Fsp3) is 0.500. The van der Waals surface area contributed by atoms with E-state index in [4.69, 9.17) is 4.42 Å². The molecule has 0 saturated carbocycles. The number of nitrogens with one attached hydrogen (secondary N) is 1. The van der Waals surface area contributed by atoms with Crippen LogP contribution in [0.5, 0.6) is 0 Å². The first-order valence-electron chi connectivity index (χ1n) is 9.38. The lowest BCUT2D eigenvalue weighted by atomic mass is 10.1. The van der Waals surface area contributed by atoms with E-state index in [9.17, 15) is 9.00 Å². The van der Waals surface area contributed by atoms with Gasteiger partial charge in [-0.15, -0.1) is 0 Å². The average Bonchev–Trinajstić information content (AvgIpc) is 3.26. The number of carbonyl (C=O) groups is 1. The van der Waals surface area contributed by atoms with Crippen molar-refractivity contribution in [2.24, 2.45) is 0 Å². The topological polar surface area (TPSA) is 75.4 Å². The third kappa shape index (κ3) is 5.74. The van der Waals surface area contributed by atoms with Crippen LogP contribution in [0.4, 0.5) is 0 Å². The van der Waals surface area contributed by atoms with Crippen LogP contribution < -0.4 is 5.32 Å². The Kier molecular flexibility index (Phi) is 6.79. The summed E-state index contributed by atoms with van der Waals surface area (Å²) in [7, 11) is -1.31. The van der Waals surface area contributed by atoms with Crippen molar-refractivity contribution >= 4 is 16.7 Å². The third-order valence-electron chi connectivity index (χ3n) is 4.73. The zero-order valence-electron chi connectivity index (χ0n) is 16.0. The molecule has 2 heterocycles. The van der Waals surface area contributed by atoms with Crippen LogP contribution in [-0.4, -0.2) is 51.9 Å². The van der Waals surface area contributed by atoms with Gasteiger partial charge >= 0.3 is 0 Å². The number of likely N-dealkylation sites (tertiary alicyclic amines) is 1. The highest BCUT2D eigenvalue weighted by Gasteiger charge is 2.16. The van der Waals surface area contributed by atoms with Crippen molar-refractivity contribution in [2.75, 3.05) is 31.9 Å². The first kappa shape index (κ1) is 19.8. The van der Waals surface area contributed by atoms with E-state index in [1.807, 2.05) is 38.1 Å². The number of benzene rings is 1. The SMILES string of the molecule is Cc1ccc(-c2nc(C[S@](=O)CC(=O)NCCN3CCCC3)c(C)o2)cc1. The molecule has 1 amide bonds. The molecular formula is C20H27N3O3S. The van der Waals surface area contributed by atoms with Gasteiger partial charge in [0.15, 0.2) is 0 Å². The van der Waals surface area contributed by atoms with Gasteiger partial charge in [-0.2, -0.15) is 0 Å². The van der Waals surface area contributed by atoms with Crippen molar-refractivity contribution < 1.29 is 13.4 Å². The third-order valence-corrected chi connectivity index (χ3v) is 5.91. The molecule has 1 N–H and O–H groups in total. The van der Waals surface area contributed by atoms with Crippen LogP contribution >= 0.6 is 0 Å². The molecule has 6 nitrogen and oxygen atoms in total. The van der Waals surface area contributed by atoms with E-state index >= 15 is 0 Å². The summed E-state index contributed by atoms with van der Waals surface area (Å²) < 4.78 is 18.1. The van der Waals surface area contributed by atoms with Crippen LogP contribution in [0, 0.1) is 13.8 Å². The predicted molar refractivity (Wildman–Crippen MR) is 107 cm³/mol. The van der Waals surface area contributed by atoms with Crippen molar-refractivity contribution in [1.82, 2.24) is 15.2 Å². The normalized spacial score (nSPS) is 15.8. The fourth-order valence-corrected chi connectivity index (χ4v) is 4.21. The van der Waals surface area contributed by atoms with Crippen LogP contribution in [0.3, 0.4) is 0 Å². The van der Waals surface area contributed by atoms with Crippen LogP contribution in [0.25, 0.3) is 11.5 Å². The van der Waals surface area contributed by atoms with Gasteiger partial charge in [-0.1, -0.05) is 17.7 Å². The quantitative estimate of drug-likeness (QED) is 0.750. The molecule has 1 aromatic heterocycles. The predicted octanol–water partition coefficient (Wildman–Crippen LogP) is 2.42. The molecule has 0 radical (unpaired) electrons. The van der Waals surface area contributed by atoms with Gasteiger partial charge < -0.3 is 14.6 Å². The standard InChI is InChI=1S/C20H27N3O3S/c1-15-5-7-17(8-6-15)20-22-18(16(2)26-20)13-27(25)14-19(24)21-9-12-23-10-3-4-11-23/h5-8H,3-4,9-14H2,1-2H3,(H,21,24)/t27-/m0/s1. The Morgan fingerprint density at radius 3 is 2.63 bits per heavy atom. The molecule has 0 unspecified atom stereocenters. The molecule has 3 rings (SSSR count). The fourth-order valence-electron chi connectivity index (χ4n) is 3.14. The Morgan fingerprint density at radius 1 is 1.22 bits per heavy atom. The smallest absolute Gasteiger partial charge is 0.232 e. The first-order valence-corrected chi connectivity index (χ1v) is 10.9. The number of aromatic nitrogens is 1. The van der Waals surface area contributed by atoms with Crippen molar-refractivity contribution in [1.29, 1.82) is 0 Å². The lowest BCUT2D eigenvalue weighted by molar-refractivity contribution is -0.118. The van der Waals surface area contributed by atoms with Gasteiger partial charge in [0.05, 0.1) is 11.4 Å². The number of oxazole rings is 1. The van der Waals surface area contributed by atoms with Gasteiger partial charge in [0, 0.05) is 29.5 Å². The van der Waals surface area contributed by atoms with Gasteiger partial charge in [-0.3, -0.25) is 9.00 Å². The summed E-state index contributed by atoms with van der Waals surface area (Å²) in [6.07, 6.45) is 2.47.